The molecule has 0 aliphatic rings. The summed E-state index contributed by atoms with van der Waals surface area (Å²) in [5.41, 5.74) is 17.2. The Kier molecular flexibility index (Phi) is 3.24. The number of anilines is 2. The number of hydrogen-bond acceptors (Lipinski definition) is 3. The third kappa shape index (κ3) is 2.82. The smallest absolute Gasteiger partial charge is 0.115 e. The molecule has 21 heavy (non-hydrogen) atoms. The van der Waals surface area contributed by atoms with Crippen molar-refractivity contribution in [2.75, 3.05) is 11.5 Å². The van der Waals surface area contributed by atoms with Crippen molar-refractivity contribution in [2.45, 2.75) is 0 Å². The number of hydrogen-bond donors (Lipinski definition) is 3. The van der Waals surface area contributed by atoms with Crippen LogP contribution < -0.4 is 11.5 Å². The predicted molar refractivity (Wildman–Crippen MR) is 87.8 cm³/mol. The van der Waals surface area contributed by atoms with Crippen LogP contribution in [0.25, 0.3) is 22.3 Å². The van der Waals surface area contributed by atoms with E-state index in [-0.39, 0.29) is 5.75 Å². The fourth-order valence-corrected chi connectivity index (χ4v) is 2.35. The lowest BCUT2D eigenvalue weighted by Gasteiger charge is -2.07. The van der Waals surface area contributed by atoms with Crippen LogP contribution in [0.4, 0.5) is 11.4 Å². The van der Waals surface area contributed by atoms with Crippen LogP contribution in [-0.4, -0.2) is 5.11 Å². The third-order valence-corrected chi connectivity index (χ3v) is 3.40. The lowest BCUT2D eigenvalue weighted by atomic mass is 9.99. The molecule has 0 fully saturated rings. The molecule has 0 aromatic heterocycles. The monoisotopic (exact) mass is 276 g/mol. The number of rotatable bonds is 2. The Hall–Kier alpha value is -2.94. The molecule has 5 N–H and O–H groups in total. The Labute approximate surface area is 123 Å². The molecule has 0 aliphatic carbocycles. The fraction of sp³-hybridized carbons (Fsp3) is 0. The molecule has 0 aliphatic heterocycles. The molecule has 3 aromatic carbocycles. The van der Waals surface area contributed by atoms with Crippen molar-refractivity contribution in [1.82, 2.24) is 0 Å². The van der Waals surface area contributed by atoms with Gasteiger partial charge in [-0.15, -0.1) is 0 Å². The number of nitrogens with two attached hydrogens (primary N) is 2. The summed E-state index contributed by atoms with van der Waals surface area (Å²) in [4.78, 5) is 0. The van der Waals surface area contributed by atoms with Crippen LogP contribution in [0.3, 0.4) is 0 Å². The van der Waals surface area contributed by atoms with Gasteiger partial charge < -0.3 is 16.6 Å². The van der Waals surface area contributed by atoms with Gasteiger partial charge in [0.05, 0.1) is 0 Å². The summed E-state index contributed by atoms with van der Waals surface area (Å²) in [6.45, 7) is 0. The zero-order chi connectivity index (χ0) is 14.8. The first-order valence-corrected chi connectivity index (χ1v) is 6.68. The van der Waals surface area contributed by atoms with Gasteiger partial charge in [-0.2, -0.15) is 0 Å². The van der Waals surface area contributed by atoms with Gasteiger partial charge in [-0.3, -0.25) is 0 Å². The van der Waals surface area contributed by atoms with Gasteiger partial charge in [-0.1, -0.05) is 36.4 Å². The average Bonchev–Trinajstić information content (AvgIpc) is 2.47. The van der Waals surface area contributed by atoms with E-state index in [9.17, 15) is 5.11 Å². The summed E-state index contributed by atoms with van der Waals surface area (Å²) in [6.07, 6.45) is 0. The highest BCUT2D eigenvalue weighted by Crippen LogP contribution is 2.28. The molecular formula is C18H16N2O. The summed E-state index contributed by atoms with van der Waals surface area (Å²) < 4.78 is 0. The zero-order valence-corrected chi connectivity index (χ0v) is 11.5. The summed E-state index contributed by atoms with van der Waals surface area (Å²) in [5, 5.41) is 9.32. The van der Waals surface area contributed by atoms with Crippen LogP contribution in [0, 0.1) is 0 Å². The fourth-order valence-electron chi connectivity index (χ4n) is 2.35. The van der Waals surface area contributed by atoms with E-state index in [0.717, 1.165) is 22.3 Å². The molecule has 0 radical (unpaired) electrons. The Morgan fingerprint density at radius 1 is 0.524 bits per heavy atom. The Bertz CT molecular complexity index is 742. The standard InChI is InChI=1S/C18H16N2O/c19-16-9-15(10-17(20)11-16)14-3-1-12(2-4-14)13-5-7-18(21)8-6-13/h1-11,21H,19-20H2. The molecule has 3 rings (SSSR count). The van der Waals surface area contributed by atoms with E-state index in [1.807, 2.05) is 48.5 Å². The third-order valence-electron chi connectivity index (χ3n) is 3.40. The van der Waals surface area contributed by atoms with E-state index >= 15 is 0 Å². The van der Waals surface area contributed by atoms with Gasteiger partial charge in [0.1, 0.15) is 5.75 Å². The second-order valence-electron chi connectivity index (χ2n) is 5.01. The maximum atomic E-state index is 9.32. The van der Waals surface area contributed by atoms with Crippen molar-refractivity contribution in [1.29, 1.82) is 0 Å². The van der Waals surface area contributed by atoms with Crippen LogP contribution >= 0.6 is 0 Å². The molecule has 3 aromatic rings. The second-order valence-corrected chi connectivity index (χ2v) is 5.01. The molecule has 3 nitrogen and oxygen atoms in total. The number of aromatic hydroxyl groups is 1. The van der Waals surface area contributed by atoms with E-state index in [1.165, 1.54) is 0 Å². The first kappa shape index (κ1) is 13.1. The highest BCUT2D eigenvalue weighted by molar-refractivity contribution is 5.75. The topological polar surface area (TPSA) is 72.3 Å². The molecule has 0 saturated heterocycles. The molecule has 0 heterocycles. The van der Waals surface area contributed by atoms with Crippen LogP contribution in [0.5, 0.6) is 5.75 Å². The molecule has 0 atom stereocenters. The van der Waals surface area contributed by atoms with Gasteiger partial charge in [0.15, 0.2) is 0 Å². The molecule has 3 heteroatoms. The highest BCUT2D eigenvalue weighted by atomic mass is 16.3. The van der Waals surface area contributed by atoms with Gasteiger partial charge in [-0.25, -0.2) is 0 Å². The number of benzene rings is 3. The summed E-state index contributed by atoms with van der Waals surface area (Å²) in [5.74, 6) is 0.269. The molecule has 0 bridgehead atoms. The van der Waals surface area contributed by atoms with Crippen LogP contribution in [0.2, 0.25) is 0 Å². The van der Waals surface area contributed by atoms with Gasteiger partial charge in [-0.05, 0) is 52.6 Å². The zero-order valence-electron chi connectivity index (χ0n) is 11.5. The van der Waals surface area contributed by atoms with Gasteiger partial charge in [0.2, 0.25) is 0 Å². The quantitative estimate of drug-likeness (QED) is 0.622. The van der Waals surface area contributed by atoms with Crippen molar-refractivity contribution in [2.24, 2.45) is 0 Å². The molecule has 104 valence electrons. The summed E-state index contributed by atoms with van der Waals surface area (Å²) in [7, 11) is 0. The number of nitrogen functional groups attached to an aromatic ring is 2. The molecule has 0 amide bonds. The van der Waals surface area contributed by atoms with E-state index in [0.29, 0.717) is 11.4 Å². The van der Waals surface area contributed by atoms with Crippen molar-refractivity contribution < 1.29 is 5.11 Å². The van der Waals surface area contributed by atoms with E-state index in [1.54, 1.807) is 18.2 Å². The number of phenols is 1. The normalized spacial score (nSPS) is 10.5. The van der Waals surface area contributed by atoms with Crippen LogP contribution in [-0.2, 0) is 0 Å². The van der Waals surface area contributed by atoms with Crippen molar-refractivity contribution in [3.05, 3.63) is 66.7 Å². The molecule has 0 spiro atoms. The van der Waals surface area contributed by atoms with E-state index < -0.39 is 0 Å². The van der Waals surface area contributed by atoms with Gasteiger partial charge in [0, 0.05) is 11.4 Å². The minimum Gasteiger partial charge on any atom is -0.508 e. The maximum Gasteiger partial charge on any atom is 0.115 e. The second kappa shape index (κ2) is 5.21. The van der Waals surface area contributed by atoms with Crippen LogP contribution in [0.15, 0.2) is 66.7 Å². The molecular weight excluding hydrogens is 260 g/mol. The minimum absolute atomic E-state index is 0.269. The van der Waals surface area contributed by atoms with Gasteiger partial charge in [0.25, 0.3) is 0 Å². The Morgan fingerprint density at radius 3 is 1.38 bits per heavy atom. The lowest BCUT2D eigenvalue weighted by Crippen LogP contribution is -1.91. The summed E-state index contributed by atoms with van der Waals surface area (Å²) in [6, 6.07) is 20.9. The maximum absolute atomic E-state index is 9.32. The van der Waals surface area contributed by atoms with E-state index in [4.69, 9.17) is 11.5 Å². The largest absolute Gasteiger partial charge is 0.508 e. The lowest BCUT2D eigenvalue weighted by molar-refractivity contribution is 0.475. The number of phenolic OH excluding ortho intramolecular Hbond substituents is 1. The highest BCUT2D eigenvalue weighted by Gasteiger charge is 2.02. The molecule has 0 saturated carbocycles. The predicted octanol–water partition coefficient (Wildman–Crippen LogP) is 3.89. The van der Waals surface area contributed by atoms with Crippen molar-refractivity contribution in [3.63, 3.8) is 0 Å². The minimum atomic E-state index is 0.269. The summed E-state index contributed by atoms with van der Waals surface area (Å²) >= 11 is 0. The average molecular weight is 276 g/mol. The SMILES string of the molecule is Nc1cc(N)cc(-c2ccc(-c3ccc(O)cc3)cc2)c1. The molecule has 0 unspecified atom stereocenters. The van der Waals surface area contributed by atoms with Gasteiger partial charge >= 0.3 is 0 Å². The van der Waals surface area contributed by atoms with Crippen molar-refractivity contribution in [3.8, 4) is 28.0 Å². The Balaban J connectivity index is 1.95. The van der Waals surface area contributed by atoms with Crippen molar-refractivity contribution >= 4 is 11.4 Å². The van der Waals surface area contributed by atoms with E-state index in [2.05, 4.69) is 0 Å². The van der Waals surface area contributed by atoms with Crippen LogP contribution in [0.1, 0.15) is 0 Å². The first-order chi connectivity index (χ1) is 10.1. The first-order valence-electron chi connectivity index (χ1n) is 6.68. The Morgan fingerprint density at radius 2 is 0.905 bits per heavy atom.